The number of carbonyl (C=O) groups excluding carboxylic acids is 1. The summed E-state index contributed by atoms with van der Waals surface area (Å²) in [6.07, 6.45) is 1.66. The summed E-state index contributed by atoms with van der Waals surface area (Å²) in [4.78, 5) is 16.3. The quantitative estimate of drug-likeness (QED) is 0.570. The lowest BCUT2D eigenvalue weighted by Crippen LogP contribution is -2.24. The maximum atomic E-state index is 12.1. The van der Waals surface area contributed by atoms with E-state index < -0.39 is 0 Å². The lowest BCUT2D eigenvalue weighted by molar-refractivity contribution is -0.118. The highest BCUT2D eigenvalue weighted by molar-refractivity contribution is 9.10. The first-order valence-electron chi connectivity index (χ1n) is 8.17. The molecule has 8 heteroatoms. The Morgan fingerprint density at radius 2 is 1.96 bits per heavy atom. The van der Waals surface area contributed by atoms with Crippen LogP contribution in [-0.2, 0) is 11.3 Å². The highest BCUT2D eigenvalue weighted by Crippen LogP contribution is 2.32. The maximum absolute atomic E-state index is 12.1. The minimum Gasteiger partial charge on any atom is -0.454 e. The summed E-state index contributed by atoms with van der Waals surface area (Å²) in [6.45, 7) is 0.659. The van der Waals surface area contributed by atoms with E-state index in [0.29, 0.717) is 23.3 Å². The predicted molar refractivity (Wildman–Crippen MR) is 105 cm³/mol. The van der Waals surface area contributed by atoms with Gasteiger partial charge in [0, 0.05) is 16.6 Å². The molecule has 2 heterocycles. The van der Waals surface area contributed by atoms with Gasteiger partial charge < -0.3 is 19.2 Å². The van der Waals surface area contributed by atoms with Gasteiger partial charge in [0.2, 0.25) is 12.7 Å². The lowest BCUT2D eigenvalue weighted by Gasteiger charge is -2.05. The highest BCUT2D eigenvalue weighted by atomic mass is 79.9. The number of benzene rings is 2. The van der Waals surface area contributed by atoms with Gasteiger partial charge >= 0.3 is 0 Å². The minimum absolute atomic E-state index is 0.0962. The standard InChI is InChI=1S/C19H15BrN2O4S/c20-14-4-2-13(3-5-14)17-9-22-19(26-17)27-10-18(23)21-8-12-1-6-15-16(7-12)25-11-24-15/h1-7,9H,8,10-11H2,(H,21,23). The van der Waals surface area contributed by atoms with Gasteiger partial charge in [-0.1, -0.05) is 45.9 Å². The minimum atomic E-state index is -0.0962. The molecular formula is C19H15BrN2O4S. The van der Waals surface area contributed by atoms with Gasteiger partial charge in [0.25, 0.3) is 5.22 Å². The van der Waals surface area contributed by atoms with Gasteiger partial charge in [-0.25, -0.2) is 4.98 Å². The summed E-state index contributed by atoms with van der Waals surface area (Å²) in [5, 5.41) is 3.34. The average molecular weight is 447 g/mol. The van der Waals surface area contributed by atoms with E-state index in [1.165, 1.54) is 11.8 Å². The second-order valence-corrected chi connectivity index (χ2v) is 7.59. The fourth-order valence-corrected chi connectivity index (χ4v) is 3.40. The first-order valence-corrected chi connectivity index (χ1v) is 9.95. The smallest absolute Gasteiger partial charge is 0.256 e. The number of hydrogen-bond donors (Lipinski definition) is 1. The zero-order valence-corrected chi connectivity index (χ0v) is 16.5. The number of carbonyl (C=O) groups is 1. The van der Waals surface area contributed by atoms with Crippen molar-refractivity contribution in [1.82, 2.24) is 10.3 Å². The summed E-state index contributed by atoms with van der Waals surface area (Å²) >= 11 is 4.66. The number of halogens is 1. The van der Waals surface area contributed by atoms with Crippen molar-refractivity contribution in [2.24, 2.45) is 0 Å². The van der Waals surface area contributed by atoms with E-state index in [2.05, 4.69) is 26.2 Å². The molecule has 1 N–H and O–H groups in total. The molecule has 3 aromatic rings. The fraction of sp³-hybridized carbons (Fsp3) is 0.158. The summed E-state index contributed by atoms with van der Waals surface area (Å²) in [6, 6.07) is 13.4. The zero-order valence-electron chi connectivity index (χ0n) is 14.1. The zero-order chi connectivity index (χ0) is 18.6. The van der Waals surface area contributed by atoms with Crippen molar-refractivity contribution in [3.8, 4) is 22.8 Å². The summed E-state index contributed by atoms with van der Waals surface area (Å²) in [5.41, 5.74) is 1.89. The van der Waals surface area contributed by atoms with Crippen LogP contribution < -0.4 is 14.8 Å². The van der Waals surface area contributed by atoms with Crippen LogP contribution in [0, 0.1) is 0 Å². The Balaban J connectivity index is 1.27. The molecule has 2 aromatic carbocycles. The number of thioether (sulfide) groups is 1. The van der Waals surface area contributed by atoms with E-state index in [0.717, 1.165) is 21.3 Å². The van der Waals surface area contributed by atoms with Gasteiger partial charge in [0.15, 0.2) is 17.3 Å². The summed E-state index contributed by atoms with van der Waals surface area (Å²) < 4.78 is 17.3. The molecule has 1 aliphatic rings. The van der Waals surface area contributed by atoms with Gasteiger partial charge in [0.05, 0.1) is 11.9 Å². The maximum Gasteiger partial charge on any atom is 0.256 e. The van der Waals surface area contributed by atoms with E-state index in [1.54, 1.807) is 6.20 Å². The Kier molecular flexibility index (Phi) is 5.35. The second-order valence-electron chi connectivity index (χ2n) is 5.75. The van der Waals surface area contributed by atoms with Gasteiger partial charge in [-0.3, -0.25) is 4.79 Å². The Morgan fingerprint density at radius 1 is 1.15 bits per heavy atom. The highest BCUT2D eigenvalue weighted by Gasteiger charge is 2.14. The molecular weight excluding hydrogens is 432 g/mol. The first kappa shape index (κ1) is 17.9. The van der Waals surface area contributed by atoms with Crippen LogP contribution >= 0.6 is 27.7 Å². The van der Waals surface area contributed by atoms with Crippen LogP contribution in [0.4, 0.5) is 0 Å². The largest absolute Gasteiger partial charge is 0.454 e. The summed E-state index contributed by atoms with van der Waals surface area (Å²) in [7, 11) is 0. The molecule has 4 rings (SSSR count). The SMILES string of the molecule is O=C(CSc1ncc(-c2ccc(Br)cc2)o1)NCc1ccc2c(c1)OCO2. The van der Waals surface area contributed by atoms with Crippen LogP contribution in [0.15, 0.2) is 62.8 Å². The number of oxazole rings is 1. The van der Waals surface area contributed by atoms with E-state index in [4.69, 9.17) is 13.9 Å². The first-order chi connectivity index (χ1) is 13.2. The number of aromatic nitrogens is 1. The number of fused-ring (bicyclic) bond motifs is 1. The molecule has 0 saturated heterocycles. The van der Waals surface area contributed by atoms with Crippen LogP contribution in [-0.4, -0.2) is 23.4 Å². The predicted octanol–water partition coefficient (Wildman–Crippen LogP) is 4.24. The van der Waals surface area contributed by atoms with E-state index in [9.17, 15) is 4.79 Å². The Bertz CT molecular complexity index is 959. The number of nitrogens with one attached hydrogen (secondary N) is 1. The van der Waals surface area contributed by atoms with Crippen molar-refractivity contribution in [3.63, 3.8) is 0 Å². The Hall–Kier alpha value is -2.45. The van der Waals surface area contributed by atoms with Crippen molar-refractivity contribution < 1.29 is 18.7 Å². The van der Waals surface area contributed by atoms with Crippen molar-refractivity contribution in [3.05, 3.63) is 58.7 Å². The van der Waals surface area contributed by atoms with Crippen molar-refractivity contribution in [1.29, 1.82) is 0 Å². The van der Waals surface area contributed by atoms with E-state index >= 15 is 0 Å². The number of rotatable bonds is 6. The monoisotopic (exact) mass is 446 g/mol. The molecule has 0 unspecified atom stereocenters. The van der Waals surface area contributed by atoms with Crippen LogP contribution in [0.3, 0.4) is 0 Å². The second kappa shape index (κ2) is 8.06. The topological polar surface area (TPSA) is 73.6 Å². The van der Waals surface area contributed by atoms with Crippen LogP contribution in [0.1, 0.15) is 5.56 Å². The third-order valence-corrected chi connectivity index (χ3v) is 5.24. The van der Waals surface area contributed by atoms with Gasteiger partial charge in [-0.15, -0.1) is 0 Å². The molecule has 0 fully saturated rings. The normalized spacial score (nSPS) is 12.2. The molecule has 0 aliphatic carbocycles. The van der Waals surface area contributed by atoms with Crippen molar-refractivity contribution >= 4 is 33.6 Å². The van der Waals surface area contributed by atoms with Gasteiger partial charge in [0.1, 0.15) is 0 Å². The Labute approximate surface area is 168 Å². The number of hydrogen-bond acceptors (Lipinski definition) is 6. The molecule has 1 amide bonds. The Morgan fingerprint density at radius 3 is 2.81 bits per heavy atom. The molecule has 0 saturated carbocycles. The van der Waals surface area contributed by atoms with Gasteiger partial charge in [-0.2, -0.15) is 0 Å². The third-order valence-electron chi connectivity index (χ3n) is 3.87. The van der Waals surface area contributed by atoms with E-state index in [1.807, 2.05) is 42.5 Å². The molecule has 0 bridgehead atoms. The molecule has 0 atom stereocenters. The molecule has 0 spiro atoms. The van der Waals surface area contributed by atoms with E-state index in [-0.39, 0.29) is 18.5 Å². The lowest BCUT2D eigenvalue weighted by atomic mass is 10.2. The number of nitrogens with zero attached hydrogens (tertiary/aromatic N) is 1. The molecule has 1 aromatic heterocycles. The number of ether oxygens (including phenoxy) is 2. The average Bonchev–Trinajstić information content (AvgIpc) is 3.34. The van der Waals surface area contributed by atoms with Gasteiger partial charge in [-0.05, 0) is 29.8 Å². The summed E-state index contributed by atoms with van der Waals surface area (Å²) in [5.74, 6) is 2.24. The van der Waals surface area contributed by atoms with Crippen molar-refractivity contribution in [2.45, 2.75) is 11.8 Å². The fourth-order valence-electron chi connectivity index (χ4n) is 2.50. The van der Waals surface area contributed by atoms with Crippen LogP contribution in [0.25, 0.3) is 11.3 Å². The van der Waals surface area contributed by atoms with Crippen molar-refractivity contribution in [2.75, 3.05) is 12.5 Å². The number of amides is 1. The molecule has 138 valence electrons. The third kappa shape index (κ3) is 4.45. The molecule has 6 nitrogen and oxygen atoms in total. The molecule has 1 aliphatic heterocycles. The molecule has 0 radical (unpaired) electrons. The van der Waals surface area contributed by atoms with Crippen LogP contribution in [0.5, 0.6) is 11.5 Å². The van der Waals surface area contributed by atoms with Crippen LogP contribution in [0.2, 0.25) is 0 Å². The molecule has 27 heavy (non-hydrogen) atoms.